The third-order valence-corrected chi connectivity index (χ3v) is 3.33. The molecule has 3 nitrogen and oxygen atoms in total. The van der Waals surface area contributed by atoms with E-state index in [-0.39, 0.29) is 5.97 Å². The highest BCUT2D eigenvalue weighted by Crippen LogP contribution is 2.03. The Hall–Kier alpha value is -0.220. The molecule has 0 aliphatic heterocycles. The largest absolute Gasteiger partial charge is 0.469 e. The van der Waals surface area contributed by atoms with Gasteiger partial charge in [-0.25, -0.2) is 0 Å². The quantitative estimate of drug-likeness (QED) is 0.489. The van der Waals surface area contributed by atoms with Crippen LogP contribution in [0.3, 0.4) is 0 Å². The lowest BCUT2D eigenvalue weighted by atomic mass is 10.2. The Morgan fingerprint density at radius 1 is 1.33 bits per heavy atom. The first-order valence-electron chi connectivity index (χ1n) is 5.62. The Balaban J connectivity index is 3.21. The third kappa shape index (κ3) is 8.75. The standard InChI is InChI=1S/C11H23NO2S/c1-4-10(5-2)12-7-9-15-8-6-11(13)14-3/h10,12H,4-9H2,1-3H3. The van der Waals surface area contributed by atoms with Gasteiger partial charge in [-0.3, -0.25) is 4.79 Å². The summed E-state index contributed by atoms with van der Waals surface area (Å²) >= 11 is 1.80. The minimum absolute atomic E-state index is 0.115. The van der Waals surface area contributed by atoms with E-state index >= 15 is 0 Å². The van der Waals surface area contributed by atoms with Crippen molar-refractivity contribution in [1.29, 1.82) is 0 Å². The van der Waals surface area contributed by atoms with E-state index in [1.807, 2.05) is 0 Å². The minimum Gasteiger partial charge on any atom is -0.469 e. The van der Waals surface area contributed by atoms with Crippen LogP contribution in [0.25, 0.3) is 0 Å². The fourth-order valence-electron chi connectivity index (χ4n) is 1.27. The minimum atomic E-state index is -0.115. The number of hydrogen-bond donors (Lipinski definition) is 1. The van der Waals surface area contributed by atoms with Crippen LogP contribution in [0.2, 0.25) is 0 Å². The van der Waals surface area contributed by atoms with Crippen molar-refractivity contribution < 1.29 is 9.53 Å². The summed E-state index contributed by atoms with van der Waals surface area (Å²) in [5.74, 6) is 1.81. The second-order valence-electron chi connectivity index (χ2n) is 3.41. The Morgan fingerprint density at radius 3 is 2.53 bits per heavy atom. The molecular formula is C11H23NO2S. The molecule has 0 heterocycles. The molecule has 0 amide bonds. The van der Waals surface area contributed by atoms with Gasteiger partial charge in [0.2, 0.25) is 0 Å². The maximum Gasteiger partial charge on any atom is 0.306 e. The highest BCUT2D eigenvalue weighted by Gasteiger charge is 2.02. The van der Waals surface area contributed by atoms with E-state index in [4.69, 9.17) is 0 Å². The number of methoxy groups -OCH3 is 1. The van der Waals surface area contributed by atoms with Gasteiger partial charge in [-0.05, 0) is 12.8 Å². The van der Waals surface area contributed by atoms with Gasteiger partial charge in [0.15, 0.2) is 0 Å². The molecule has 4 heteroatoms. The van der Waals surface area contributed by atoms with Crippen LogP contribution in [0.15, 0.2) is 0 Å². The highest BCUT2D eigenvalue weighted by molar-refractivity contribution is 7.99. The van der Waals surface area contributed by atoms with Crippen LogP contribution in [-0.2, 0) is 9.53 Å². The third-order valence-electron chi connectivity index (χ3n) is 2.34. The number of rotatable bonds is 9. The lowest BCUT2D eigenvalue weighted by molar-refractivity contribution is -0.140. The van der Waals surface area contributed by atoms with E-state index in [0.29, 0.717) is 12.5 Å². The van der Waals surface area contributed by atoms with Crippen molar-refractivity contribution in [2.24, 2.45) is 0 Å². The molecule has 0 rings (SSSR count). The molecule has 0 spiro atoms. The first-order valence-corrected chi connectivity index (χ1v) is 6.78. The number of thioether (sulfide) groups is 1. The Bertz CT molecular complexity index is 161. The van der Waals surface area contributed by atoms with Gasteiger partial charge in [0, 0.05) is 24.1 Å². The first-order chi connectivity index (χ1) is 7.24. The van der Waals surface area contributed by atoms with Crippen molar-refractivity contribution in [1.82, 2.24) is 5.32 Å². The van der Waals surface area contributed by atoms with Crippen molar-refractivity contribution in [3.8, 4) is 0 Å². The van der Waals surface area contributed by atoms with E-state index < -0.39 is 0 Å². The van der Waals surface area contributed by atoms with Crippen molar-refractivity contribution in [2.75, 3.05) is 25.2 Å². The zero-order chi connectivity index (χ0) is 11.5. The van der Waals surface area contributed by atoms with Crippen LogP contribution in [0, 0.1) is 0 Å². The van der Waals surface area contributed by atoms with E-state index in [9.17, 15) is 4.79 Å². The van der Waals surface area contributed by atoms with Gasteiger partial charge in [-0.15, -0.1) is 0 Å². The van der Waals surface area contributed by atoms with Crippen LogP contribution in [0.4, 0.5) is 0 Å². The second kappa shape index (κ2) is 10.3. The van der Waals surface area contributed by atoms with E-state index in [2.05, 4.69) is 23.9 Å². The van der Waals surface area contributed by atoms with Gasteiger partial charge in [0.05, 0.1) is 13.5 Å². The van der Waals surface area contributed by atoms with Crippen molar-refractivity contribution in [3.05, 3.63) is 0 Å². The van der Waals surface area contributed by atoms with Crippen molar-refractivity contribution >= 4 is 17.7 Å². The summed E-state index contributed by atoms with van der Waals surface area (Å²) in [4.78, 5) is 10.8. The first kappa shape index (κ1) is 14.8. The summed E-state index contributed by atoms with van der Waals surface area (Å²) < 4.78 is 4.56. The fourth-order valence-corrected chi connectivity index (χ4v) is 2.05. The Morgan fingerprint density at radius 2 is 2.00 bits per heavy atom. The van der Waals surface area contributed by atoms with Crippen LogP contribution in [0.1, 0.15) is 33.1 Å². The molecule has 0 unspecified atom stereocenters. The molecule has 1 N–H and O–H groups in total. The summed E-state index contributed by atoms with van der Waals surface area (Å²) in [5, 5.41) is 3.48. The van der Waals surface area contributed by atoms with E-state index in [1.54, 1.807) is 11.8 Å². The predicted octanol–water partition coefficient (Wildman–Crippen LogP) is 2.06. The van der Waals surface area contributed by atoms with Crippen LogP contribution in [0.5, 0.6) is 0 Å². The lowest BCUT2D eigenvalue weighted by Crippen LogP contribution is -2.29. The smallest absolute Gasteiger partial charge is 0.306 e. The normalized spacial score (nSPS) is 10.7. The molecule has 0 aromatic carbocycles. The van der Waals surface area contributed by atoms with Gasteiger partial charge in [-0.1, -0.05) is 13.8 Å². The summed E-state index contributed by atoms with van der Waals surface area (Å²) in [6.45, 7) is 5.43. The second-order valence-corrected chi connectivity index (χ2v) is 4.63. The summed E-state index contributed by atoms with van der Waals surface area (Å²) in [6, 6.07) is 0.645. The molecule has 0 aliphatic rings. The van der Waals surface area contributed by atoms with E-state index in [1.165, 1.54) is 20.0 Å². The highest BCUT2D eigenvalue weighted by atomic mass is 32.2. The average molecular weight is 233 g/mol. The molecule has 0 atom stereocenters. The molecule has 90 valence electrons. The predicted molar refractivity (Wildman–Crippen MR) is 66.3 cm³/mol. The number of ether oxygens (including phenoxy) is 1. The zero-order valence-corrected chi connectivity index (χ0v) is 10.9. The summed E-state index contributed by atoms with van der Waals surface area (Å²) in [7, 11) is 1.43. The molecule has 0 aromatic rings. The molecule has 0 aliphatic carbocycles. The van der Waals surface area contributed by atoms with Gasteiger partial charge in [0.1, 0.15) is 0 Å². The Labute approximate surface area is 97.3 Å². The van der Waals surface area contributed by atoms with Gasteiger partial charge < -0.3 is 10.1 Å². The zero-order valence-electron chi connectivity index (χ0n) is 10.0. The van der Waals surface area contributed by atoms with Crippen molar-refractivity contribution in [2.45, 2.75) is 39.2 Å². The SMILES string of the molecule is CCC(CC)NCCSCCC(=O)OC. The monoisotopic (exact) mass is 233 g/mol. The van der Waals surface area contributed by atoms with Crippen LogP contribution >= 0.6 is 11.8 Å². The topological polar surface area (TPSA) is 38.3 Å². The summed E-state index contributed by atoms with van der Waals surface area (Å²) in [6.07, 6.45) is 2.89. The molecular weight excluding hydrogens is 210 g/mol. The molecule has 15 heavy (non-hydrogen) atoms. The van der Waals surface area contributed by atoms with Gasteiger partial charge in [0.25, 0.3) is 0 Å². The molecule has 0 radical (unpaired) electrons. The van der Waals surface area contributed by atoms with E-state index in [0.717, 1.165) is 18.1 Å². The van der Waals surface area contributed by atoms with Crippen molar-refractivity contribution in [3.63, 3.8) is 0 Å². The molecule has 0 saturated carbocycles. The summed E-state index contributed by atoms with van der Waals surface area (Å²) in [5.41, 5.74) is 0. The van der Waals surface area contributed by atoms with Crippen LogP contribution < -0.4 is 5.32 Å². The number of hydrogen-bond acceptors (Lipinski definition) is 4. The number of carbonyl (C=O) groups excluding carboxylic acids is 1. The lowest BCUT2D eigenvalue weighted by Gasteiger charge is -2.13. The maximum absolute atomic E-state index is 10.8. The molecule has 0 saturated heterocycles. The molecule has 0 bridgehead atoms. The maximum atomic E-state index is 10.8. The van der Waals surface area contributed by atoms with Gasteiger partial charge >= 0.3 is 5.97 Å². The Kier molecular flexibility index (Phi) is 10.2. The average Bonchev–Trinajstić information content (AvgIpc) is 2.28. The number of nitrogens with one attached hydrogen (secondary N) is 1. The number of carbonyl (C=O) groups is 1. The molecule has 0 fully saturated rings. The number of esters is 1. The fraction of sp³-hybridized carbons (Fsp3) is 0.909. The van der Waals surface area contributed by atoms with Crippen LogP contribution in [-0.4, -0.2) is 37.2 Å². The molecule has 0 aromatic heterocycles. The van der Waals surface area contributed by atoms with Gasteiger partial charge in [-0.2, -0.15) is 11.8 Å².